The number of carbonyl (C=O) groups excluding carboxylic acids is 1. The summed E-state index contributed by atoms with van der Waals surface area (Å²) in [6.07, 6.45) is 0.959. The van der Waals surface area contributed by atoms with E-state index >= 15 is 0 Å². The van der Waals surface area contributed by atoms with Crippen LogP contribution in [0, 0.1) is 5.82 Å². The lowest BCUT2D eigenvalue weighted by atomic mass is 10.1. The molecule has 0 saturated carbocycles. The van der Waals surface area contributed by atoms with Gasteiger partial charge in [-0.05, 0) is 59.8 Å². The summed E-state index contributed by atoms with van der Waals surface area (Å²) in [6, 6.07) is 27.3. The lowest BCUT2D eigenvalue weighted by Gasteiger charge is -2.10. The van der Waals surface area contributed by atoms with Gasteiger partial charge in [0.2, 0.25) is 5.91 Å². The molecule has 4 rings (SSSR count). The van der Waals surface area contributed by atoms with Crippen LogP contribution < -0.4 is 10.1 Å². The molecule has 0 spiro atoms. The molecule has 0 aliphatic heterocycles. The third-order valence-corrected chi connectivity index (χ3v) is 4.65. The molecule has 4 aromatic rings. The van der Waals surface area contributed by atoms with E-state index in [1.54, 1.807) is 12.1 Å². The lowest BCUT2D eigenvalue weighted by molar-refractivity contribution is -0.116. The molecule has 0 aromatic heterocycles. The normalized spacial score (nSPS) is 10.7. The molecule has 0 aliphatic rings. The van der Waals surface area contributed by atoms with E-state index in [0.717, 1.165) is 22.0 Å². The Kier molecular flexibility index (Phi) is 5.52. The van der Waals surface area contributed by atoms with Crippen LogP contribution in [0.15, 0.2) is 91.0 Å². The number of hydrogen-bond acceptors (Lipinski definition) is 2. The number of halogens is 1. The zero-order valence-corrected chi connectivity index (χ0v) is 15.8. The summed E-state index contributed by atoms with van der Waals surface area (Å²) in [5.74, 6) is 0.885. The third-order valence-electron chi connectivity index (χ3n) is 4.65. The Morgan fingerprint density at radius 3 is 2.45 bits per heavy atom. The highest BCUT2D eigenvalue weighted by Crippen LogP contribution is 2.24. The first-order chi connectivity index (χ1) is 14.2. The first-order valence-electron chi connectivity index (χ1n) is 9.47. The molecule has 0 radical (unpaired) electrons. The van der Waals surface area contributed by atoms with Gasteiger partial charge in [-0.2, -0.15) is 0 Å². The molecular weight excluding hydrogens is 365 g/mol. The Labute approximate surface area is 168 Å². The maximum Gasteiger partial charge on any atom is 0.224 e. The summed E-state index contributed by atoms with van der Waals surface area (Å²) in [4.78, 5) is 12.5. The molecule has 144 valence electrons. The highest BCUT2D eigenvalue weighted by Gasteiger charge is 2.07. The third kappa shape index (κ3) is 4.79. The van der Waals surface area contributed by atoms with Gasteiger partial charge < -0.3 is 10.1 Å². The molecule has 0 saturated heterocycles. The molecule has 0 unspecified atom stereocenters. The minimum atomic E-state index is -0.302. The van der Waals surface area contributed by atoms with Crippen LogP contribution in [0.3, 0.4) is 0 Å². The molecule has 4 heteroatoms. The average molecular weight is 385 g/mol. The zero-order chi connectivity index (χ0) is 20.1. The van der Waals surface area contributed by atoms with E-state index in [-0.39, 0.29) is 11.7 Å². The Balaban J connectivity index is 1.38. The molecular formula is C25H20FNO2. The van der Waals surface area contributed by atoms with Gasteiger partial charge in [0.25, 0.3) is 0 Å². The van der Waals surface area contributed by atoms with Gasteiger partial charge in [-0.3, -0.25) is 4.79 Å². The monoisotopic (exact) mass is 385 g/mol. The van der Waals surface area contributed by atoms with Crippen molar-refractivity contribution in [3.8, 4) is 11.5 Å². The number of amides is 1. The van der Waals surface area contributed by atoms with Gasteiger partial charge in [0.05, 0.1) is 0 Å². The van der Waals surface area contributed by atoms with E-state index in [2.05, 4.69) is 5.32 Å². The van der Waals surface area contributed by atoms with Gasteiger partial charge in [-0.15, -0.1) is 0 Å². The van der Waals surface area contributed by atoms with E-state index in [4.69, 9.17) is 4.74 Å². The SMILES string of the molecule is O=C(CCc1cccc(Oc2ccc(F)cc2)c1)Nc1cccc2ccccc12. The van der Waals surface area contributed by atoms with Gasteiger partial charge in [0, 0.05) is 17.5 Å². The van der Waals surface area contributed by atoms with Gasteiger partial charge in [-0.25, -0.2) is 4.39 Å². The predicted molar refractivity (Wildman–Crippen MR) is 114 cm³/mol. The number of rotatable bonds is 6. The van der Waals surface area contributed by atoms with E-state index in [9.17, 15) is 9.18 Å². The number of aryl methyl sites for hydroxylation is 1. The smallest absolute Gasteiger partial charge is 0.224 e. The van der Waals surface area contributed by atoms with E-state index in [1.165, 1.54) is 12.1 Å². The van der Waals surface area contributed by atoms with Gasteiger partial charge >= 0.3 is 0 Å². The molecule has 0 aliphatic carbocycles. The Hall–Kier alpha value is -3.66. The summed E-state index contributed by atoms with van der Waals surface area (Å²) in [5, 5.41) is 5.13. The fourth-order valence-electron chi connectivity index (χ4n) is 3.21. The molecule has 0 fully saturated rings. The standard InChI is InChI=1S/C25H20FNO2/c26-20-12-14-21(15-13-20)29-22-8-3-5-18(17-22)11-16-25(28)27-24-10-4-7-19-6-1-2-9-23(19)24/h1-10,12-15,17H,11,16H2,(H,27,28). The number of fused-ring (bicyclic) bond motifs is 1. The molecule has 0 heterocycles. The van der Waals surface area contributed by atoms with Gasteiger partial charge in [-0.1, -0.05) is 48.5 Å². The number of anilines is 1. The first-order valence-corrected chi connectivity index (χ1v) is 9.47. The summed E-state index contributed by atoms with van der Waals surface area (Å²) in [7, 11) is 0. The minimum Gasteiger partial charge on any atom is -0.457 e. The second-order valence-corrected chi connectivity index (χ2v) is 6.78. The highest BCUT2D eigenvalue weighted by atomic mass is 19.1. The van der Waals surface area contributed by atoms with Crippen molar-refractivity contribution < 1.29 is 13.9 Å². The topological polar surface area (TPSA) is 38.3 Å². The summed E-state index contributed by atoms with van der Waals surface area (Å²) < 4.78 is 18.8. The van der Waals surface area contributed by atoms with Crippen LogP contribution in [0.25, 0.3) is 10.8 Å². The highest BCUT2D eigenvalue weighted by molar-refractivity contribution is 6.02. The molecule has 0 bridgehead atoms. The van der Waals surface area contributed by atoms with Crippen LogP contribution in [0.2, 0.25) is 0 Å². The molecule has 4 aromatic carbocycles. The summed E-state index contributed by atoms with van der Waals surface area (Å²) in [6.45, 7) is 0. The second-order valence-electron chi connectivity index (χ2n) is 6.78. The van der Waals surface area contributed by atoms with Crippen molar-refractivity contribution in [3.63, 3.8) is 0 Å². The first kappa shape index (κ1) is 18.7. The van der Waals surface area contributed by atoms with Crippen LogP contribution >= 0.6 is 0 Å². The Morgan fingerprint density at radius 1 is 0.828 bits per heavy atom. The summed E-state index contributed by atoms with van der Waals surface area (Å²) >= 11 is 0. The Morgan fingerprint density at radius 2 is 1.59 bits per heavy atom. The number of ether oxygens (including phenoxy) is 1. The molecule has 0 atom stereocenters. The number of carbonyl (C=O) groups is 1. The van der Waals surface area contributed by atoms with Crippen LogP contribution in [0.1, 0.15) is 12.0 Å². The van der Waals surface area contributed by atoms with E-state index in [1.807, 2.05) is 66.7 Å². The lowest BCUT2D eigenvalue weighted by Crippen LogP contribution is -2.12. The van der Waals surface area contributed by atoms with E-state index in [0.29, 0.717) is 24.3 Å². The van der Waals surface area contributed by atoms with Crippen LogP contribution in [-0.2, 0) is 11.2 Å². The zero-order valence-electron chi connectivity index (χ0n) is 15.8. The van der Waals surface area contributed by atoms with Crippen LogP contribution in [0.5, 0.6) is 11.5 Å². The average Bonchev–Trinajstić information content (AvgIpc) is 2.75. The van der Waals surface area contributed by atoms with Crippen LogP contribution in [0.4, 0.5) is 10.1 Å². The molecule has 29 heavy (non-hydrogen) atoms. The number of nitrogens with one attached hydrogen (secondary N) is 1. The largest absolute Gasteiger partial charge is 0.457 e. The van der Waals surface area contributed by atoms with Crippen molar-refractivity contribution in [1.82, 2.24) is 0 Å². The fourth-order valence-corrected chi connectivity index (χ4v) is 3.21. The number of benzene rings is 4. The van der Waals surface area contributed by atoms with Crippen molar-refractivity contribution in [3.05, 3.63) is 102 Å². The van der Waals surface area contributed by atoms with Crippen LogP contribution in [-0.4, -0.2) is 5.91 Å². The Bertz CT molecular complexity index is 1130. The minimum absolute atomic E-state index is 0.0359. The number of hydrogen-bond donors (Lipinski definition) is 1. The van der Waals surface area contributed by atoms with E-state index < -0.39 is 0 Å². The molecule has 1 N–H and O–H groups in total. The van der Waals surface area contributed by atoms with Gasteiger partial charge in [0.1, 0.15) is 17.3 Å². The summed E-state index contributed by atoms with van der Waals surface area (Å²) in [5.41, 5.74) is 1.82. The van der Waals surface area contributed by atoms with Crippen molar-refractivity contribution in [1.29, 1.82) is 0 Å². The van der Waals surface area contributed by atoms with Crippen molar-refractivity contribution in [2.75, 3.05) is 5.32 Å². The fraction of sp³-hybridized carbons (Fsp3) is 0.0800. The molecule has 1 amide bonds. The second kappa shape index (κ2) is 8.57. The maximum absolute atomic E-state index is 13.0. The van der Waals surface area contributed by atoms with Crippen molar-refractivity contribution in [2.24, 2.45) is 0 Å². The predicted octanol–water partition coefficient (Wildman–Crippen LogP) is 6.34. The maximum atomic E-state index is 13.0. The van der Waals surface area contributed by atoms with Gasteiger partial charge in [0.15, 0.2) is 0 Å². The van der Waals surface area contributed by atoms with Crippen molar-refractivity contribution >= 4 is 22.4 Å². The molecule has 3 nitrogen and oxygen atoms in total. The quantitative estimate of drug-likeness (QED) is 0.420. The van der Waals surface area contributed by atoms with Crippen molar-refractivity contribution in [2.45, 2.75) is 12.8 Å².